The monoisotopic (exact) mass is 266 g/mol. The van der Waals surface area contributed by atoms with Crippen molar-refractivity contribution in [3.05, 3.63) is 59.7 Å². The van der Waals surface area contributed by atoms with Crippen LogP contribution in [0.15, 0.2) is 54.1 Å². The lowest BCUT2D eigenvalue weighted by Gasteiger charge is -1.97. The van der Waals surface area contributed by atoms with Gasteiger partial charge in [-0.15, -0.1) is 0 Å². The summed E-state index contributed by atoms with van der Waals surface area (Å²) in [7, 11) is 0. The highest BCUT2D eigenvalue weighted by molar-refractivity contribution is 5.63. The molecule has 0 atom stereocenters. The fourth-order valence-corrected chi connectivity index (χ4v) is 2.16. The van der Waals surface area contributed by atoms with Crippen molar-refractivity contribution in [3.8, 4) is 16.8 Å². The number of hydrogen-bond donors (Lipinski definition) is 2. The maximum atomic E-state index is 11.4. The summed E-state index contributed by atoms with van der Waals surface area (Å²) in [6.07, 6.45) is 10.7. The number of fused-ring (bicyclic) bond motifs is 1. The first kappa shape index (κ1) is 10.8. The first-order chi connectivity index (χ1) is 9.81. The van der Waals surface area contributed by atoms with E-state index in [-0.39, 0.29) is 5.56 Å². The topological polar surface area (TPSA) is 83.8 Å². The summed E-state index contributed by atoms with van der Waals surface area (Å²) in [6, 6.07) is 3.40. The zero-order chi connectivity index (χ0) is 13.5. The summed E-state index contributed by atoms with van der Waals surface area (Å²) < 4.78 is 3.30. The predicted molar refractivity (Wildman–Crippen MR) is 72.7 cm³/mol. The maximum absolute atomic E-state index is 11.4. The Bertz CT molecular complexity index is 927. The second kappa shape index (κ2) is 3.95. The quantitative estimate of drug-likeness (QED) is 0.572. The van der Waals surface area contributed by atoms with E-state index in [9.17, 15) is 4.79 Å². The Morgan fingerprint density at radius 2 is 2.05 bits per heavy atom. The molecule has 0 unspecified atom stereocenters. The van der Waals surface area contributed by atoms with E-state index in [1.807, 2.05) is 24.7 Å². The van der Waals surface area contributed by atoms with Gasteiger partial charge in [-0.1, -0.05) is 0 Å². The summed E-state index contributed by atoms with van der Waals surface area (Å²) >= 11 is 0. The second-order valence-corrected chi connectivity index (χ2v) is 4.40. The van der Waals surface area contributed by atoms with Crippen LogP contribution in [0.25, 0.3) is 22.5 Å². The van der Waals surface area contributed by atoms with Gasteiger partial charge in [-0.2, -0.15) is 10.2 Å². The Labute approximate surface area is 112 Å². The highest BCUT2D eigenvalue weighted by Crippen LogP contribution is 2.20. The Balaban J connectivity index is 1.87. The minimum atomic E-state index is -0.169. The highest BCUT2D eigenvalue weighted by Gasteiger charge is 2.09. The maximum Gasteiger partial charge on any atom is 0.251 e. The molecule has 0 saturated heterocycles. The average Bonchev–Trinajstić information content (AvgIpc) is 3.17. The molecule has 0 aliphatic rings. The molecule has 0 spiro atoms. The van der Waals surface area contributed by atoms with E-state index in [4.69, 9.17) is 0 Å². The lowest BCUT2D eigenvalue weighted by molar-refractivity contribution is 0.883. The normalized spacial score (nSPS) is 11.2. The van der Waals surface area contributed by atoms with Gasteiger partial charge >= 0.3 is 0 Å². The fraction of sp³-hybridized carbons (Fsp3) is 0. The Morgan fingerprint density at radius 1 is 1.10 bits per heavy atom. The lowest BCUT2D eigenvalue weighted by atomic mass is 10.2. The zero-order valence-electron chi connectivity index (χ0n) is 10.3. The third-order valence-electron chi connectivity index (χ3n) is 3.15. The first-order valence-corrected chi connectivity index (χ1v) is 6.06. The number of aromatic amines is 2. The van der Waals surface area contributed by atoms with E-state index in [1.165, 1.54) is 6.07 Å². The highest BCUT2D eigenvalue weighted by atomic mass is 16.1. The van der Waals surface area contributed by atoms with Gasteiger partial charge < -0.3 is 9.97 Å². The predicted octanol–water partition coefficient (Wildman–Crippen LogP) is 1.20. The summed E-state index contributed by atoms with van der Waals surface area (Å²) in [5.74, 6) is 0. The van der Waals surface area contributed by atoms with Crippen molar-refractivity contribution >= 4 is 5.65 Å². The number of H-pyrrole nitrogens is 2. The van der Waals surface area contributed by atoms with Crippen LogP contribution in [0.4, 0.5) is 0 Å². The molecular weight excluding hydrogens is 256 g/mol. The third-order valence-corrected chi connectivity index (χ3v) is 3.15. The third kappa shape index (κ3) is 1.57. The van der Waals surface area contributed by atoms with Gasteiger partial charge in [0.2, 0.25) is 0 Å². The summed E-state index contributed by atoms with van der Waals surface area (Å²) in [6.45, 7) is 0. The van der Waals surface area contributed by atoms with E-state index in [0.717, 1.165) is 16.8 Å². The standard InChI is InChI=1S/C13H10N6O/c20-12-2-4-18-13(17-12)11(7-16-18)19-8-10(6-15-19)9-1-3-14-5-9/h1-8,14H,(H,17,20). The van der Waals surface area contributed by atoms with Crippen LogP contribution in [0.2, 0.25) is 0 Å². The second-order valence-electron chi connectivity index (χ2n) is 4.40. The van der Waals surface area contributed by atoms with Gasteiger partial charge in [0, 0.05) is 42.0 Å². The van der Waals surface area contributed by atoms with E-state index >= 15 is 0 Å². The number of hydrogen-bond acceptors (Lipinski definition) is 3. The summed E-state index contributed by atoms with van der Waals surface area (Å²) in [5.41, 5.74) is 3.22. The van der Waals surface area contributed by atoms with Crippen LogP contribution in [-0.2, 0) is 0 Å². The molecule has 4 aromatic rings. The van der Waals surface area contributed by atoms with Crippen LogP contribution in [0, 0.1) is 0 Å². The van der Waals surface area contributed by atoms with Gasteiger partial charge in [0.05, 0.1) is 12.4 Å². The molecule has 0 bridgehead atoms. The minimum absolute atomic E-state index is 0.169. The van der Waals surface area contributed by atoms with Crippen LogP contribution in [0.5, 0.6) is 0 Å². The Kier molecular flexibility index (Phi) is 2.13. The molecule has 4 aromatic heterocycles. The number of nitrogens with one attached hydrogen (secondary N) is 2. The SMILES string of the molecule is O=c1ccn2ncc(-n3cc(-c4cc[nH]c4)cn3)c2[nH]1. The Morgan fingerprint density at radius 3 is 2.90 bits per heavy atom. The minimum Gasteiger partial charge on any atom is -0.367 e. The van der Waals surface area contributed by atoms with Crippen molar-refractivity contribution in [1.29, 1.82) is 0 Å². The lowest BCUT2D eigenvalue weighted by Crippen LogP contribution is -2.07. The van der Waals surface area contributed by atoms with E-state index in [0.29, 0.717) is 5.65 Å². The smallest absolute Gasteiger partial charge is 0.251 e. The number of aromatic nitrogens is 6. The van der Waals surface area contributed by atoms with Crippen molar-refractivity contribution in [2.75, 3.05) is 0 Å². The van der Waals surface area contributed by atoms with Crippen molar-refractivity contribution < 1.29 is 0 Å². The molecule has 7 nitrogen and oxygen atoms in total. The summed E-state index contributed by atoms with van der Waals surface area (Å²) in [5, 5.41) is 8.51. The number of nitrogens with zero attached hydrogens (tertiary/aromatic N) is 4. The molecule has 20 heavy (non-hydrogen) atoms. The zero-order valence-corrected chi connectivity index (χ0v) is 10.3. The van der Waals surface area contributed by atoms with Crippen molar-refractivity contribution in [2.24, 2.45) is 0 Å². The average molecular weight is 266 g/mol. The summed E-state index contributed by atoms with van der Waals surface area (Å²) in [4.78, 5) is 17.2. The van der Waals surface area contributed by atoms with Gasteiger partial charge in [-0.05, 0) is 6.07 Å². The van der Waals surface area contributed by atoms with Crippen molar-refractivity contribution in [3.63, 3.8) is 0 Å². The Hall–Kier alpha value is -3.09. The fourth-order valence-electron chi connectivity index (χ4n) is 2.16. The van der Waals surface area contributed by atoms with Crippen LogP contribution >= 0.6 is 0 Å². The molecule has 0 radical (unpaired) electrons. The molecule has 0 aliphatic heterocycles. The van der Waals surface area contributed by atoms with Gasteiger partial charge in [0.15, 0.2) is 5.65 Å². The molecule has 98 valence electrons. The largest absolute Gasteiger partial charge is 0.367 e. The van der Waals surface area contributed by atoms with Gasteiger partial charge in [0.25, 0.3) is 5.56 Å². The van der Waals surface area contributed by atoms with Crippen LogP contribution < -0.4 is 5.56 Å². The molecule has 2 N–H and O–H groups in total. The van der Waals surface area contributed by atoms with E-state index in [1.54, 1.807) is 27.8 Å². The van der Waals surface area contributed by atoms with Crippen LogP contribution in [-0.4, -0.2) is 29.4 Å². The molecule has 0 saturated carbocycles. The van der Waals surface area contributed by atoms with Crippen molar-refractivity contribution in [2.45, 2.75) is 0 Å². The molecule has 0 amide bonds. The first-order valence-electron chi connectivity index (χ1n) is 6.06. The van der Waals surface area contributed by atoms with Gasteiger partial charge in [0.1, 0.15) is 5.69 Å². The molecule has 0 aromatic carbocycles. The van der Waals surface area contributed by atoms with E-state index in [2.05, 4.69) is 20.2 Å². The molecule has 4 rings (SSSR count). The molecule has 0 aliphatic carbocycles. The molecular formula is C13H10N6O. The van der Waals surface area contributed by atoms with Crippen LogP contribution in [0.3, 0.4) is 0 Å². The van der Waals surface area contributed by atoms with E-state index < -0.39 is 0 Å². The van der Waals surface area contributed by atoms with Crippen LogP contribution in [0.1, 0.15) is 0 Å². The van der Waals surface area contributed by atoms with Crippen molar-refractivity contribution in [1.82, 2.24) is 29.4 Å². The molecule has 0 fully saturated rings. The molecule has 4 heterocycles. The van der Waals surface area contributed by atoms with Gasteiger partial charge in [-0.25, -0.2) is 9.20 Å². The molecule has 7 heteroatoms. The number of rotatable bonds is 2. The van der Waals surface area contributed by atoms with Gasteiger partial charge in [-0.3, -0.25) is 4.79 Å².